The van der Waals surface area contributed by atoms with Gasteiger partial charge in [-0.3, -0.25) is 0 Å². The third-order valence-electron chi connectivity index (χ3n) is 4.59. The van der Waals surface area contributed by atoms with Gasteiger partial charge in [-0.05, 0) is 76.2 Å². The molecule has 130 valence electrons. The van der Waals surface area contributed by atoms with Crippen molar-refractivity contribution in [2.24, 2.45) is 11.7 Å². The number of piperidine rings is 1. The van der Waals surface area contributed by atoms with Crippen LogP contribution in [-0.2, 0) is 6.42 Å². The maximum Gasteiger partial charge on any atom is 0.122 e. The number of rotatable bonds is 7. The molecule has 1 aromatic rings. The van der Waals surface area contributed by atoms with E-state index in [1.165, 1.54) is 37.9 Å². The van der Waals surface area contributed by atoms with E-state index in [4.69, 9.17) is 15.2 Å². The Morgan fingerprint density at radius 2 is 1.65 bits per heavy atom. The maximum absolute atomic E-state index is 6.12. The molecule has 2 N–H and O–H groups in total. The minimum Gasteiger partial charge on any atom is -0.497 e. The number of ether oxygens (including phenoxy) is 2. The fraction of sp³-hybridized carbons (Fsp3) is 0.684. The molecule has 1 saturated heterocycles. The Morgan fingerprint density at radius 1 is 1.09 bits per heavy atom. The smallest absolute Gasteiger partial charge is 0.122 e. The largest absolute Gasteiger partial charge is 0.497 e. The van der Waals surface area contributed by atoms with Crippen molar-refractivity contribution in [1.29, 1.82) is 0 Å². The highest BCUT2D eigenvalue weighted by molar-refractivity contribution is 5.38. The highest BCUT2D eigenvalue weighted by Gasteiger charge is 2.23. The van der Waals surface area contributed by atoms with Gasteiger partial charge in [0.05, 0.1) is 14.2 Å². The molecule has 0 aromatic heterocycles. The summed E-state index contributed by atoms with van der Waals surface area (Å²) in [4.78, 5) is 2.51. The van der Waals surface area contributed by atoms with Gasteiger partial charge >= 0.3 is 0 Å². The number of nitrogens with zero attached hydrogens (tertiary/aromatic N) is 1. The fourth-order valence-electron chi connectivity index (χ4n) is 3.39. The van der Waals surface area contributed by atoms with Crippen molar-refractivity contribution in [2.45, 2.75) is 45.1 Å². The number of aryl methyl sites for hydroxylation is 1. The van der Waals surface area contributed by atoms with Crippen LogP contribution in [0, 0.1) is 5.92 Å². The average molecular weight is 320 g/mol. The Bertz CT molecular complexity index is 466. The van der Waals surface area contributed by atoms with E-state index in [0.29, 0.717) is 0 Å². The molecule has 4 heteroatoms. The van der Waals surface area contributed by atoms with Crippen molar-refractivity contribution in [3.8, 4) is 11.5 Å². The summed E-state index contributed by atoms with van der Waals surface area (Å²) in [5.74, 6) is 2.56. The van der Waals surface area contributed by atoms with Crippen LogP contribution in [0.5, 0.6) is 11.5 Å². The van der Waals surface area contributed by atoms with E-state index in [0.717, 1.165) is 30.4 Å². The van der Waals surface area contributed by atoms with Crippen molar-refractivity contribution in [3.63, 3.8) is 0 Å². The van der Waals surface area contributed by atoms with Crippen LogP contribution in [0.4, 0.5) is 0 Å². The zero-order chi connectivity index (χ0) is 16.9. The van der Waals surface area contributed by atoms with Crippen molar-refractivity contribution >= 4 is 0 Å². The monoisotopic (exact) mass is 320 g/mol. The molecule has 2 rings (SSSR count). The summed E-state index contributed by atoms with van der Waals surface area (Å²) in [6, 6.07) is 6.17. The predicted molar refractivity (Wildman–Crippen MR) is 95.3 cm³/mol. The molecule has 1 heterocycles. The van der Waals surface area contributed by atoms with Crippen molar-refractivity contribution < 1.29 is 9.47 Å². The summed E-state index contributed by atoms with van der Waals surface area (Å²) in [6.45, 7) is 7.55. The molecule has 4 nitrogen and oxygen atoms in total. The first-order chi connectivity index (χ1) is 10.9. The average Bonchev–Trinajstić information content (AvgIpc) is 2.52. The maximum atomic E-state index is 6.12. The minimum atomic E-state index is -0.0933. The molecule has 1 fully saturated rings. The highest BCUT2D eigenvalue weighted by atomic mass is 16.5. The van der Waals surface area contributed by atoms with Gasteiger partial charge < -0.3 is 20.1 Å². The Balaban J connectivity index is 1.81. The molecule has 1 aliphatic rings. The first-order valence-electron chi connectivity index (χ1n) is 8.63. The number of nitrogens with two attached hydrogens (primary N) is 1. The lowest BCUT2D eigenvalue weighted by molar-refractivity contribution is 0.154. The molecular formula is C19H32N2O2. The molecule has 1 aliphatic heterocycles. The molecule has 0 spiro atoms. The van der Waals surface area contributed by atoms with E-state index in [-0.39, 0.29) is 5.54 Å². The van der Waals surface area contributed by atoms with Crippen LogP contribution >= 0.6 is 0 Å². The minimum absolute atomic E-state index is 0.0933. The predicted octanol–water partition coefficient (Wildman–Crippen LogP) is 3.09. The Labute approximate surface area is 140 Å². The number of methoxy groups -OCH3 is 2. The standard InChI is InChI=1S/C19H32N2O2/c1-19(2,20)14-21-9-7-15(8-10-21)5-6-16-11-17(22-3)13-18(12-16)23-4/h11-13,15H,5-10,14,20H2,1-4H3. The zero-order valence-electron chi connectivity index (χ0n) is 15.1. The lowest BCUT2D eigenvalue weighted by atomic mass is 9.90. The first kappa shape index (κ1) is 18.1. The molecule has 23 heavy (non-hydrogen) atoms. The van der Waals surface area contributed by atoms with Crippen LogP contribution in [0.15, 0.2) is 18.2 Å². The molecule has 0 radical (unpaired) electrons. The summed E-state index contributed by atoms with van der Waals surface area (Å²) in [5, 5.41) is 0. The van der Waals surface area contributed by atoms with Gasteiger partial charge in [-0.15, -0.1) is 0 Å². The lowest BCUT2D eigenvalue weighted by Gasteiger charge is -2.35. The highest BCUT2D eigenvalue weighted by Crippen LogP contribution is 2.27. The van der Waals surface area contributed by atoms with Crippen molar-refractivity contribution in [2.75, 3.05) is 33.9 Å². The van der Waals surface area contributed by atoms with Gasteiger partial charge in [0.1, 0.15) is 11.5 Å². The third kappa shape index (κ3) is 6.04. The molecular weight excluding hydrogens is 288 g/mol. The SMILES string of the molecule is COc1cc(CCC2CCN(CC(C)(C)N)CC2)cc(OC)c1. The van der Waals surface area contributed by atoms with Gasteiger partial charge in [-0.2, -0.15) is 0 Å². The number of likely N-dealkylation sites (tertiary alicyclic amines) is 1. The van der Waals surface area contributed by atoms with Crippen molar-refractivity contribution in [3.05, 3.63) is 23.8 Å². The van der Waals surface area contributed by atoms with E-state index in [1.54, 1.807) is 14.2 Å². The number of hydrogen-bond acceptors (Lipinski definition) is 4. The molecule has 0 bridgehead atoms. The van der Waals surface area contributed by atoms with Crippen LogP contribution in [0.25, 0.3) is 0 Å². The molecule has 0 saturated carbocycles. The van der Waals surface area contributed by atoms with E-state index >= 15 is 0 Å². The summed E-state index contributed by atoms with van der Waals surface area (Å²) in [7, 11) is 3.40. The lowest BCUT2D eigenvalue weighted by Crippen LogP contribution is -2.47. The normalized spacial score (nSPS) is 17.3. The van der Waals surface area contributed by atoms with Gasteiger partial charge in [0.2, 0.25) is 0 Å². The summed E-state index contributed by atoms with van der Waals surface area (Å²) >= 11 is 0. The molecule has 0 aliphatic carbocycles. The molecule has 0 unspecified atom stereocenters. The van der Waals surface area contributed by atoms with Crippen LogP contribution in [0.3, 0.4) is 0 Å². The fourth-order valence-corrected chi connectivity index (χ4v) is 3.39. The van der Waals surface area contributed by atoms with Gasteiger partial charge in [0, 0.05) is 18.2 Å². The molecule has 0 amide bonds. The quantitative estimate of drug-likeness (QED) is 0.839. The van der Waals surface area contributed by atoms with Gasteiger partial charge in [0.25, 0.3) is 0 Å². The van der Waals surface area contributed by atoms with Crippen LogP contribution < -0.4 is 15.2 Å². The zero-order valence-corrected chi connectivity index (χ0v) is 15.1. The van der Waals surface area contributed by atoms with Gasteiger partial charge in [0.15, 0.2) is 0 Å². The number of benzene rings is 1. The van der Waals surface area contributed by atoms with Gasteiger partial charge in [-0.1, -0.05) is 0 Å². The molecule has 1 aromatic carbocycles. The second kappa shape index (κ2) is 8.02. The number of hydrogen-bond donors (Lipinski definition) is 1. The molecule has 0 atom stereocenters. The third-order valence-corrected chi connectivity index (χ3v) is 4.59. The first-order valence-corrected chi connectivity index (χ1v) is 8.63. The van der Waals surface area contributed by atoms with E-state index in [2.05, 4.69) is 30.9 Å². The Hall–Kier alpha value is -1.26. The Morgan fingerprint density at radius 3 is 2.13 bits per heavy atom. The van der Waals surface area contributed by atoms with Crippen LogP contribution in [0.2, 0.25) is 0 Å². The van der Waals surface area contributed by atoms with Crippen LogP contribution in [0.1, 0.15) is 38.7 Å². The van der Waals surface area contributed by atoms with Gasteiger partial charge in [-0.25, -0.2) is 0 Å². The van der Waals surface area contributed by atoms with Crippen molar-refractivity contribution in [1.82, 2.24) is 4.90 Å². The second-order valence-electron chi connectivity index (χ2n) is 7.47. The second-order valence-corrected chi connectivity index (χ2v) is 7.47. The van der Waals surface area contributed by atoms with E-state index in [9.17, 15) is 0 Å². The van der Waals surface area contributed by atoms with E-state index < -0.39 is 0 Å². The Kier molecular flexibility index (Phi) is 6.31. The van der Waals surface area contributed by atoms with Crippen LogP contribution in [-0.4, -0.2) is 44.3 Å². The summed E-state index contributed by atoms with van der Waals surface area (Å²) in [6.07, 6.45) is 4.87. The van der Waals surface area contributed by atoms with E-state index in [1.807, 2.05) is 6.07 Å². The topological polar surface area (TPSA) is 47.7 Å². The summed E-state index contributed by atoms with van der Waals surface area (Å²) < 4.78 is 10.7. The summed E-state index contributed by atoms with van der Waals surface area (Å²) in [5.41, 5.74) is 7.33.